The van der Waals surface area contributed by atoms with Crippen LogP contribution < -0.4 is 15.6 Å². The molecule has 2 aromatic heterocycles. The van der Waals surface area contributed by atoms with Crippen molar-refractivity contribution in [3.05, 3.63) is 92.8 Å². The molecule has 5 rings (SSSR count). The van der Waals surface area contributed by atoms with Gasteiger partial charge in [-0.2, -0.15) is 0 Å². The fraction of sp³-hybridized carbons (Fsp3) is 0.222. The van der Waals surface area contributed by atoms with Gasteiger partial charge in [0.05, 0.1) is 24.2 Å². The summed E-state index contributed by atoms with van der Waals surface area (Å²) in [4.78, 5) is 18.4. The third-order valence-corrected chi connectivity index (χ3v) is 6.52. The Morgan fingerprint density at radius 3 is 2.75 bits per heavy atom. The van der Waals surface area contributed by atoms with Crippen molar-refractivity contribution in [3.63, 3.8) is 0 Å². The maximum atomic E-state index is 13.7. The predicted molar refractivity (Wildman–Crippen MR) is 136 cm³/mol. The molecule has 0 spiro atoms. The lowest BCUT2D eigenvalue weighted by Gasteiger charge is -2.21. The van der Waals surface area contributed by atoms with Crippen molar-refractivity contribution in [3.8, 4) is 0 Å². The summed E-state index contributed by atoms with van der Waals surface area (Å²) in [5.41, 5.74) is 4.82. The average Bonchev–Trinajstić information content (AvgIpc) is 3.27. The van der Waals surface area contributed by atoms with Crippen molar-refractivity contribution in [2.45, 2.75) is 33.0 Å². The minimum atomic E-state index is -0.605. The van der Waals surface area contributed by atoms with Crippen LogP contribution in [0.15, 0.2) is 52.9 Å². The van der Waals surface area contributed by atoms with E-state index in [0.29, 0.717) is 41.0 Å². The normalized spacial score (nSPS) is 13.5. The topological polar surface area (TPSA) is 91.4 Å². The predicted octanol–water partition coefficient (Wildman–Crippen LogP) is 5.89. The molecule has 0 unspecified atom stereocenters. The van der Waals surface area contributed by atoms with E-state index in [-0.39, 0.29) is 22.7 Å². The number of pyridine rings is 1. The molecular weight excluding hydrogens is 483 g/mol. The Bertz CT molecular complexity index is 1570. The summed E-state index contributed by atoms with van der Waals surface area (Å²) in [5, 5.41) is 13.2. The first kappa shape index (κ1) is 23.8. The third-order valence-electron chi connectivity index (χ3n) is 6.31. The zero-order valence-corrected chi connectivity index (χ0v) is 20.7. The fourth-order valence-corrected chi connectivity index (χ4v) is 4.71. The van der Waals surface area contributed by atoms with E-state index in [1.165, 1.54) is 19.2 Å². The zero-order chi connectivity index (χ0) is 25.6. The van der Waals surface area contributed by atoms with E-state index in [0.717, 1.165) is 22.3 Å². The van der Waals surface area contributed by atoms with Crippen molar-refractivity contribution in [2.75, 3.05) is 17.3 Å². The van der Waals surface area contributed by atoms with Gasteiger partial charge >= 0.3 is 5.97 Å². The molecule has 1 aliphatic rings. The van der Waals surface area contributed by atoms with E-state index in [2.05, 4.69) is 10.3 Å². The van der Waals surface area contributed by atoms with E-state index >= 15 is 0 Å². The standard InChI is InChI=1S/C27H24ClFN4O3/c1-14-8-19(15(2)31-22-6-7-23(28)32-25(22)27(34)35-3)26-20(9-14)21(30)11-24(36-26)33-12-16-4-5-18(29)10-17(16)13-33/h4-11,15,30-31H,12-13H2,1-3H3/t15-/m1/s1. The maximum Gasteiger partial charge on any atom is 0.358 e. The van der Waals surface area contributed by atoms with Crippen LogP contribution in [0.5, 0.6) is 0 Å². The molecule has 2 N–H and O–H groups in total. The molecule has 0 radical (unpaired) electrons. The number of methoxy groups -OCH3 is 1. The van der Waals surface area contributed by atoms with E-state index in [4.69, 9.17) is 26.2 Å². The molecule has 4 aromatic rings. The Hall–Kier alpha value is -3.91. The van der Waals surface area contributed by atoms with E-state index in [1.54, 1.807) is 24.3 Å². The number of nitrogens with zero attached hydrogens (tertiary/aromatic N) is 2. The number of benzene rings is 2. The first-order valence-corrected chi connectivity index (χ1v) is 11.8. The van der Waals surface area contributed by atoms with Crippen LogP contribution in [-0.4, -0.2) is 18.1 Å². The Morgan fingerprint density at radius 2 is 1.97 bits per heavy atom. The summed E-state index contributed by atoms with van der Waals surface area (Å²) in [6.07, 6.45) is 0. The quantitative estimate of drug-likeness (QED) is 0.259. The number of carbonyl (C=O) groups excluding carboxylic acids is 1. The molecule has 9 heteroatoms. The molecule has 36 heavy (non-hydrogen) atoms. The van der Waals surface area contributed by atoms with Crippen LogP contribution in [0.25, 0.3) is 11.0 Å². The van der Waals surface area contributed by atoms with Gasteiger partial charge in [0, 0.05) is 30.1 Å². The highest BCUT2D eigenvalue weighted by molar-refractivity contribution is 6.29. The van der Waals surface area contributed by atoms with Gasteiger partial charge in [-0.25, -0.2) is 14.2 Å². The van der Waals surface area contributed by atoms with E-state index in [9.17, 15) is 9.18 Å². The molecule has 0 amide bonds. The minimum absolute atomic E-state index is 0.0784. The fourth-order valence-electron chi connectivity index (χ4n) is 4.56. The maximum absolute atomic E-state index is 13.7. The van der Waals surface area contributed by atoms with Crippen LogP contribution >= 0.6 is 11.6 Å². The highest BCUT2D eigenvalue weighted by Gasteiger charge is 2.24. The number of nitrogens with one attached hydrogen (secondary N) is 2. The van der Waals surface area contributed by atoms with Crippen LogP contribution in [0.3, 0.4) is 0 Å². The molecular formula is C27H24ClFN4O3. The number of anilines is 2. The zero-order valence-electron chi connectivity index (χ0n) is 20.0. The summed E-state index contributed by atoms with van der Waals surface area (Å²) in [6, 6.07) is 13.3. The van der Waals surface area contributed by atoms with Gasteiger partial charge < -0.3 is 19.4 Å². The van der Waals surface area contributed by atoms with Gasteiger partial charge in [-0.05, 0) is 60.9 Å². The van der Waals surface area contributed by atoms with Gasteiger partial charge in [-0.15, -0.1) is 0 Å². The molecule has 2 aromatic carbocycles. The number of aromatic nitrogens is 1. The second-order valence-electron chi connectivity index (χ2n) is 8.89. The molecule has 0 fully saturated rings. The number of carbonyl (C=O) groups is 1. The van der Waals surface area contributed by atoms with Crippen molar-refractivity contribution < 1.29 is 18.3 Å². The SMILES string of the molecule is COC(=O)c1nc(Cl)ccc1N[C@H](C)c1cc(C)cc2c(=N)cc(N3Cc4ccc(F)cc4C3)oc12. The molecule has 7 nitrogen and oxygen atoms in total. The molecule has 3 heterocycles. The van der Waals surface area contributed by atoms with Crippen LogP contribution in [0.2, 0.25) is 5.15 Å². The lowest BCUT2D eigenvalue weighted by molar-refractivity contribution is 0.0595. The molecule has 1 aliphatic heterocycles. The van der Waals surface area contributed by atoms with Crippen LogP contribution in [0, 0.1) is 18.2 Å². The number of aryl methyl sites for hydroxylation is 1. The Kier molecular flexibility index (Phi) is 6.14. The number of hydrogen-bond acceptors (Lipinski definition) is 7. The van der Waals surface area contributed by atoms with E-state index in [1.807, 2.05) is 30.9 Å². The van der Waals surface area contributed by atoms with Gasteiger partial charge in [-0.1, -0.05) is 23.7 Å². The number of hydrogen-bond donors (Lipinski definition) is 2. The van der Waals surface area contributed by atoms with Crippen molar-refractivity contribution in [1.82, 2.24) is 4.98 Å². The Labute approximate surface area is 212 Å². The molecule has 0 aliphatic carbocycles. The summed E-state index contributed by atoms with van der Waals surface area (Å²) in [5.74, 6) is -0.343. The third kappa shape index (κ3) is 4.40. The van der Waals surface area contributed by atoms with Gasteiger partial charge in [0.1, 0.15) is 16.6 Å². The monoisotopic (exact) mass is 506 g/mol. The molecule has 0 saturated carbocycles. The largest absolute Gasteiger partial charge is 0.464 e. The number of rotatable bonds is 5. The minimum Gasteiger partial charge on any atom is -0.464 e. The average molecular weight is 507 g/mol. The van der Waals surface area contributed by atoms with Crippen molar-refractivity contribution >= 4 is 40.1 Å². The summed E-state index contributed by atoms with van der Waals surface area (Å²) < 4.78 is 25.0. The lowest BCUT2D eigenvalue weighted by Crippen LogP contribution is -2.18. The van der Waals surface area contributed by atoms with Gasteiger partial charge in [0.15, 0.2) is 11.6 Å². The molecule has 184 valence electrons. The second-order valence-corrected chi connectivity index (χ2v) is 9.27. The first-order valence-electron chi connectivity index (χ1n) is 11.4. The number of ether oxygens (including phenoxy) is 1. The summed E-state index contributed by atoms with van der Waals surface area (Å²) in [6.45, 7) is 4.95. The first-order chi connectivity index (χ1) is 17.2. The van der Waals surface area contributed by atoms with Crippen LogP contribution in [0.4, 0.5) is 16.0 Å². The van der Waals surface area contributed by atoms with Crippen LogP contribution in [-0.2, 0) is 17.8 Å². The molecule has 0 saturated heterocycles. The highest BCUT2D eigenvalue weighted by atomic mass is 35.5. The number of esters is 1. The molecule has 0 bridgehead atoms. The van der Waals surface area contributed by atoms with Gasteiger partial charge in [0.2, 0.25) is 0 Å². The van der Waals surface area contributed by atoms with Gasteiger partial charge in [-0.3, -0.25) is 5.41 Å². The molecule has 1 atom stereocenters. The summed E-state index contributed by atoms with van der Waals surface area (Å²) >= 11 is 6.00. The highest BCUT2D eigenvalue weighted by Crippen LogP contribution is 2.33. The van der Waals surface area contributed by atoms with Crippen molar-refractivity contribution in [1.29, 1.82) is 5.41 Å². The van der Waals surface area contributed by atoms with Crippen molar-refractivity contribution in [2.24, 2.45) is 0 Å². The lowest BCUT2D eigenvalue weighted by atomic mass is 10.0. The Morgan fingerprint density at radius 1 is 1.19 bits per heavy atom. The summed E-state index contributed by atoms with van der Waals surface area (Å²) in [7, 11) is 1.29. The number of fused-ring (bicyclic) bond motifs is 2. The Balaban J connectivity index is 1.55. The van der Waals surface area contributed by atoms with Crippen LogP contribution in [0.1, 0.15) is 45.7 Å². The second kappa shape index (κ2) is 9.28. The number of halogens is 2. The van der Waals surface area contributed by atoms with Gasteiger partial charge in [0.25, 0.3) is 0 Å². The smallest absolute Gasteiger partial charge is 0.358 e. The van der Waals surface area contributed by atoms with E-state index < -0.39 is 5.97 Å².